The first-order valence-electron chi connectivity index (χ1n) is 11.3. The van der Waals surface area contributed by atoms with Gasteiger partial charge in [-0.25, -0.2) is 9.18 Å². The van der Waals surface area contributed by atoms with Gasteiger partial charge in [-0.3, -0.25) is 13.9 Å². The number of carbonyl (C=O) groups is 1. The van der Waals surface area contributed by atoms with Gasteiger partial charge in [0.25, 0.3) is 5.91 Å². The first kappa shape index (κ1) is 21.9. The maximum absolute atomic E-state index is 14.0. The van der Waals surface area contributed by atoms with Crippen LogP contribution in [-0.4, -0.2) is 46.1 Å². The molecule has 1 aliphatic heterocycles. The summed E-state index contributed by atoms with van der Waals surface area (Å²) in [4.78, 5) is 29.6. The highest BCUT2D eigenvalue weighted by Gasteiger charge is 2.30. The minimum Gasteiger partial charge on any atom is -0.335 e. The van der Waals surface area contributed by atoms with Gasteiger partial charge in [0.1, 0.15) is 11.5 Å². The lowest BCUT2D eigenvalue weighted by atomic mass is 10.1. The molecule has 0 saturated carbocycles. The van der Waals surface area contributed by atoms with Crippen LogP contribution in [0.2, 0.25) is 0 Å². The average Bonchev–Trinajstić information content (AvgIpc) is 3.17. The summed E-state index contributed by atoms with van der Waals surface area (Å²) in [5.41, 5.74) is 2.55. The number of hydrogen-bond acceptors (Lipinski definition) is 3. The van der Waals surface area contributed by atoms with Crippen LogP contribution in [0.15, 0.2) is 89.7 Å². The maximum Gasteiger partial charge on any atom is 0.334 e. The van der Waals surface area contributed by atoms with E-state index in [1.165, 1.54) is 16.7 Å². The van der Waals surface area contributed by atoms with Crippen molar-refractivity contribution in [1.29, 1.82) is 0 Å². The smallest absolute Gasteiger partial charge is 0.334 e. The average molecular weight is 457 g/mol. The van der Waals surface area contributed by atoms with Crippen molar-refractivity contribution < 1.29 is 9.18 Å². The van der Waals surface area contributed by atoms with E-state index in [1.54, 1.807) is 21.6 Å². The number of para-hydroxylation sites is 1. The number of amides is 1. The molecule has 6 nitrogen and oxygen atoms in total. The van der Waals surface area contributed by atoms with Gasteiger partial charge in [0, 0.05) is 31.7 Å². The fourth-order valence-corrected chi connectivity index (χ4v) is 4.42. The molecule has 1 N–H and O–H groups in total. The van der Waals surface area contributed by atoms with Crippen LogP contribution in [-0.2, 0) is 6.54 Å². The quantitative estimate of drug-likeness (QED) is 0.500. The SMILES string of the molecule is O=C(c1c(-c2ccccc2)n(-c2ccccc2)c(=O)n1Cc1cccc(F)c1)N1CCNCC1. The van der Waals surface area contributed by atoms with Crippen molar-refractivity contribution in [3.8, 4) is 16.9 Å². The Balaban J connectivity index is 1.78. The van der Waals surface area contributed by atoms with Gasteiger partial charge in [-0.1, -0.05) is 60.7 Å². The molecule has 0 bridgehead atoms. The zero-order valence-electron chi connectivity index (χ0n) is 18.7. The molecule has 5 rings (SSSR count). The third-order valence-electron chi connectivity index (χ3n) is 6.04. The van der Waals surface area contributed by atoms with Gasteiger partial charge in [-0.15, -0.1) is 0 Å². The van der Waals surface area contributed by atoms with Crippen molar-refractivity contribution >= 4 is 5.91 Å². The summed E-state index contributed by atoms with van der Waals surface area (Å²) in [7, 11) is 0. The second-order valence-corrected chi connectivity index (χ2v) is 8.28. The molecule has 1 fully saturated rings. The number of benzene rings is 3. The predicted octanol–water partition coefficient (Wildman–Crippen LogP) is 3.54. The molecule has 0 atom stereocenters. The Kier molecular flexibility index (Phi) is 6.10. The van der Waals surface area contributed by atoms with Crippen LogP contribution in [0.1, 0.15) is 16.1 Å². The van der Waals surface area contributed by atoms with Gasteiger partial charge in [0.2, 0.25) is 0 Å². The minimum atomic E-state index is -0.383. The lowest BCUT2D eigenvalue weighted by Crippen LogP contribution is -2.47. The van der Waals surface area contributed by atoms with Crippen molar-refractivity contribution in [2.24, 2.45) is 0 Å². The predicted molar refractivity (Wildman–Crippen MR) is 130 cm³/mol. The van der Waals surface area contributed by atoms with Crippen LogP contribution in [0.4, 0.5) is 4.39 Å². The topological polar surface area (TPSA) is 59.3 Å². The summed E-state index contributed by atoms with van der Waals surface area (Å²) in [6, 6.07) is 24.9. The molecule has 4 aromatic rings. The van der Waals surface area contributed by atoms with E-state index in [4.69, 9.17) is 0 Å². The van der Waals surface area contributed by atoms with Crippen molar-refractivity contribution in [3.05, 3.63) is 112 Å². The number of nitrogens with zero attached hydrogens (tertiary/aromatic N) is 3. The van der Waals surface area contributed by atoms with Crippen LogP contribution >= 0.6 is 0 Å². The van der Waals surface area contributed by atoms with Gasteiger partial charge in [0.05, 0.1) is 17.9 Å². The third-order valence-corrected chi connectivity index (χ3v) is 6.04. The summed E-state index contributed by atoms with van der Waals surface area (Å²) in [5, 5.41) is 3.26. The lowest BCUT2D eigenvalue weighted by Gasteiger charge is -2.28. The molecule has 34 heavy (non-hydrogen) atoms. The standard InChI is InChI=1S/C27H25FN4O2/c28-22-11-7-8-20(18-22)19-31-25(26(33)30-16-14-29-15-17-30)24(21-9-3-1-4-10-21)32(27(31)34)23-12-5-2-6-13-23/h1-13,18,29H,14-17,19H2. The van der Waals surface area contributed by atoms with E-state index in [-0.39, 0.29) is 24.0 Å². The van der Waals surface area contributed by atoms with Crippen molar-refractivity contribution in [1.82, 2.24) is 19.4 Å². The number of hydrogen-bond donors (Lipinski definition) is 1. The second-order valence-electron chi connectivity index (χ2n) is 8.28. The van der Waals surface area contributed by atoms with E-state index in [0.29, 0.717) is 48.8 Å². The Morgan fingerprint density at radius 1 is 0.882 bits per heavy atom. The number of rotatable bonds is 5. The first-order chi connectivity index (χ1) is 16.6. The number of aromatic nitrogens is 2. The van der Waals surface area contributed by atoms with Crippen molar-refractivity contribution in [2.75, 3.05) is 26.2 Å². The summed E-state index contributed by atoms with van der Waals surface area (Å²) in [6.07, 6.45) is 0. The molecule has 1 aliphatic rings. The number of imidazole rings is 1. The molecule has 0 aliphatic carbocycles. The molecule has 0 radical (unpaired) electrons. The van der Waals surface area contributed by atoms with E-state index < -0.39 is 0 Å². The van der Waals surface area contributed by atoms with Gasteiger partial charge in [-0.2, -0.15) is 0 Å². The Labute approximate surface area is 196 Å². The molecule has 7 heteroatoms. The van der Waals surface area contributed by atoms with Crippen LogP contribution in [0.5, 0.6) is 0 Å². The number of halogens is 1. The Hall–Kier alpha value is -3.97. The largest absolute Gasteiger partial charge is 0.335 e. The molecule has 1 amide bonds. The summed E-state index contributed by atoms with van der Waals surface area (Å²) in [5.74, 6) is -0.588. The van der Waals surface area contributed by atoms with Crippen molar-refractivity contribution in [2.45, 2.75) is 6.54 Å². The minimum absolute atomic E-state index is 0.0867. The van der Waals surface area contributed by atoms with E-state index >= 15 is 0 Å². The molecule has 0 spiro atoms. The van der Waals surface area contributed by atoms with Crippen LogP contribution in [0.3, 0.4) is 0 Å². The van der Waals surface area contributed by atoms with E-state index in [1.807, 2.05) is 60.7 Å². The Morgan fingerprint density at radius 3 is 2.24 bits per heavy atom. The molecular formula is C27H25FN4O2. The summed E-state index contributed by atoms with van der Waals surface area (Å²) < 4.78 is 17.0. The Bertz CT molecular complexity index is 1360. The lowest BCUT2D eigenvalue weighted by molar-refractivity contribution is 0.0726. The molecule has 2 heterocycles. The van der Waals surface area contributed by atoms with Crippen molar-refractivity contribution in [3.63, 3.8) is 0 Å². The normalized spacial score (nSPS) is 13.7. The first-order valence-corrected chi connectivity index (χ1v) is 11.3. The highest BCUT2D eigenvalue weighted by Crippen LogP contribution is 2.28. The molecule has 172 valence electrons. The highest BCUT2D eigenvalue weighted by atomic mass is 19.1. The summed E-state index contributed by atoms with van der Waals surface area (Å²) in [6.45, 7) is 2.58. The van der Waals surface area contributed by atoms with Gasteiger partial charge in [-0.05, 0) is 29.8 Å². The van der Waals surface area contributed by atoms with E-state index in [9.17, 15) is 14.0 Å². The fourth-order valence-electron chi connectivity index (χ4n) is 4.42. The van der Waals surface area contributed by atoms with Crippen LogP contribution in [0, 0.1) is 5.82 Å². The zero-order chi connectivity index (χ0) is 23.5. The van der Waals surface area contributed by atoms with Crippen LogP contribution < -0.4 is 11.0 Å². The molecule has 1 saturated heterocycles. The van der Waals surface area contributed by atoms with E-state index in [2.05, 4.69) is 5.32 Å². The fraction of sp³-hybridized carbons (Fsp3) is 0.185. The molecule has 1 aromatic heterocycles. The zero-order valence-corrected chi connectivity index (χ0v) is 18.7. The summed E-state index contributed by atoms with van der Waals surface area (Å²) >= 11 is 0. The van der Waals surface area contributed by atoms with Crippen LogP contribution in [0.25, 0.3) is 16.9 Å². The van der Waals surface area contributed by atoms with Gasteiger partial charge >= 0.3 is 5.69 Å². The maximum atomic E-state index is 14.0. The Morgan fingerprint density at radius 2 is 1.56 bits per heavy atom. The number of nitrogens with one attached hydrogen (secondary N) is 1. The molecule has 3 aromatic carbocycles. The highest BCUT2D eigenvalue weighted by molar-refractivity contribution is 5.99. The number of piperazine rings is 1. The monoisotopic (exact) mass is 456 g/mol. The molecular weight excluding hydrogens is 431 g/mol. The number of carbonyl (C=O) groups excluding carboxylic acids is 1. The van der Waals surface area contributed by atoms with Gasteiger partial charge < -0.3 is 10.2 Å². The second kappa shape index (κ2) is 9.49. The third kappa shape index (κ3) is 4.18. The molecule has 0 unspecified atom stereocenters. The van der Waals surface area contributed by atoms with E-state index in [0.717, 1.165) is 5.56 Å². The van der Waals surface area contributed by atoms with Gasteiger partial charge in [0.15, 0.2) is 0 Å².